The van der Waals surface area contributed by atoms with Crippen molar-refractivity contribution < 1.29 is 19.1 Å². The highest BCUT2D eigenvalue weighted by Gasteiger charge is 2.51. The Hall–Kier alpha value is -4.97. The van der Waals surface area contributed by atoms with Gasteiger partial charge in [0.05, 0.1) is 13.2 Å². The molecular weight excluding hydrogens is 667 g/mol. The molecule has 1 aromatic heterocycles. The Morgan fingerprint density at radius 3 is 2.08 bits per heavy atom. The van der Waals surface area contributed by atoms with Crippen LogP contribution in [0.15, 0.2) is 78.9 Å². The summed E-state index contributed by atoms with van der Waals surface area (Å²) in [4.78, 5) is 48.0. The lowest BCUT2D eigenvalue weighted by Crippen LogP contribution is -2.63. The minimum Gasteiger partial charge on any atom is -0.377 e. The second kappa shape index (κ2) is 14.5. The van der Waals surface area contributed by atoms with Crippen LogP contribution in [0, 0.1) is 6.92 Å². The van der Waals surface area contributed by atoms with Crippen LogP contribution in [0.2, 0.25) is 0 Å². The van der Waals surface area contributed by atoms with E-state index in [0.29, 0.717) is 48.8 Å². The van der Waals surface area contributed by atoms with E-state index in [1.807, 2.05) is 78.9 Å². The molecule has 0 radical (unpaired) electrons. The number of fused-ring (bicyclic) bond motifs is 2. The van der Waals surface area contributed by atoms with Gasteiger partial charge >= 0.3 is 0 Å². The number of rotatable bonds is 10. The summed E-state index contributed by atoms with van der Waals surface area (Å²) in [5.41, 5.74) is 7.82. The molecule has 0 atom stereocenters. The highest BCUT2D eigenvalue weighted by atomic mass is 16.5. The van der Waals surface area contributed by atoms with Gasteiger partial charge in [0.25, 0.3) is 17.7 Å². The van der Waals surface area contributed by atoms with Gasteiger partial charge in [0, 0.05) is 101 Å². The Labute approximate surface area is 311 Å². The zero-order valence-corrected chi connectivity index (χ0v) is 30.9. The van der Waals surface area contributed by atoms with E-state index in [9.17, 15) is 14.4 Å². The van der Waals surface area contributed by atoms with Crippen molar-refractivity contribution in [3.05, 3.63) is 118 Å². The van der Waals surface area contributed by atoms with Crippen LogP contribution >= 0.6 is 0 Å². The standard InChI is InChI=1S/C42H49N7O4/c1-29-24-37(49-23-22-48(42(38(29)49)27-53-28-42)26-31-4-8-33(9-5-31)41(52)45(2)3)40(51)43-25-30-6-12-34(13-7-30)44-39(50)32-10-14-35(15-11-32)46-18-20-47(21-19-46)36-16-17-36/h4-15,24,36H,16-23,25-28H2,1-3H3,(H,43,51)(H,44,50). The number of piperazine rings is 1. The zero-order chi connectivity index (χ0) is 36.7. The summed E-state index contributed by atoms with van der Waals surface area (Å²) >= 11 is 0. The maximum atomic E-state index is 13.6. The summed E-state index contributed by atoms with van der Waals surface area (Å²) in [6, 6.07) is 26.1. The second-order valence-electron chi connectivity index (χ2n) is 15.2. The van der Waals surface area contributed by atoms with Crippen LogP contribution in [-0.2, 0) is 29.9 Å². The molecule has 0 bridgehead atoms. The molecule has 4 aromatic rings. The predicted octanol–water partition coefficient (Wildman–Crippen LogP) is 4.71. The number of nitrogens with one attached hydrogen (secondary N) is 2. The van der Waals surface area contributed by atoms with E-state index in [1.165, 1.54) is 12.8 Å². The summed E-state index contributed by atoms with van der Waals surface area (Å²) < 4.78 is 7.98. The largest absolute Gasteiger partial charge is 0.377 e. The van der Waals surface area contributed by atoms with Crippen LogP contribution in [0.25, 0.3) is 0 Å². The first kappa shape index (κ1) is 35.1. The number of aromatic nitrogens is 1. The van der Waals surface area contributed by atoms with Crippen LogP contribution in [0.3, 0.4) is 0 Å². The van der Waals surface area contributed by atoms with Crippen LogP contribution in [0.4, 0.5) is 11.4 Å². The minimum atomic E-state index is -0.299. The maximum absolute atomic E-state index is 13.6. The molecule has 4 heterocycles. The van der Waals surface area contributed by atoms with E-state index in [2.05, 4.69) is 36.8 Å². The number of hydrogen-bond donors (Lipinski definition) is 2. The highest BCUT2D eigenvalue weighted by molar-refractivity contribution is 6.04. The molecule has 2 N–H and O–H groups in total. The van der Waals surface area contributed by atoms with Crippen molar-refractivity contribution >= 4 is 29.1 Å². The molecule has 8 rings (SSSR count). The third kappa shape index (κ3) is 7.08. The van der Waals surface area contributed by atoms with Gasteiger partial charge in [0.15, 0.2) is 0 Å². The van der Waals surface area contributed by atoms with Gasteiger partial charge in [0.2, 0.25) is 0 Å². The number of carbonyl (C=O) groups excluding carboxylic acids is 3. The van der Waals surface area contributed by atoms with Gasteiger partial charge in [0.1, 0.15) is 11.2 Å². The fourth-order valence-corrected chi connectivity index (χ4v) is 8.17. The van der Waals surface area contributed by atoms with E-state index < -0.39 is 0 Å². The van der Waals surface area contributed by atoms with Crippen LogP contribution in [0.5, 0.6) is 0 Å². The summed E-state index contributed by atoms with van der Waals surface area (Å²) in [5.74, 6) is -0.273. The molecule has 53 heavy (non-hydrogen) atoms. The van der Waals surface area contributed by atoms with Crippen LogP contribution in [0.1, 0.15) is 66.4 Å². The summed E-state index contributed by atoms with van der Waals surface area (Å²) in [6.07, 6.45) is 2.69. The van der Waals surface area contributed by atoms with Crippen LogP contribution < -0.4 is 15.5 Å². The van der Waals surface area contributed by atoms with Gasteiger partial charge in [-0.05, 0) is 91.1 Å². The molecule has 11 nitrogen and oxygen atoms in total. The number of nitrogens with zero attached hydrogens (tertiary/aromatic N) is 5. The van der Waals surface area contributed by atoms with E-state index in [-0.39, 0.29) is 23.3 Å². The normalized spacial score (nSPS) is 18.3. The number of carbonyl (C=O) groups is 3. The van der Waals surface area contributed by atoms with Gasteiger partial charge in [-0.2, -0.15) is 0 Å². The quantitative estimate of drug-likeness (QED) is 0.246. The molecule has 4 aliphatic rings. The summed E-state index contributed by atoms with van der Waals surface area (Å²) in [7, 11) is 3.52. The Kier molecular flexibility index (Phi) is 9.57. The minimum absolute atomic E-state index is 0.0107. The Bertz CT molecular complexity index is 1970. The van der Waals surface area contributed by atoms with E-state index in [0.717, 1.165) is 73.4 Å². The molecule has 3 aromatic carbocycles. The fraction of sp³-hybridized carbons (Fsp3) is 0.405. The Balaban J connectivity index is 0.858. The van der Waals surface area contributed by atoms with Crippen molar-refractivity contribution in [2.24, 2.45) is 0 Å². The molecule has 1 saturated carbocycles. The third-order valence-electron chi connectivity index (χ3n) is 11.4. The average molecular weight is 716 g/mol. The van der Waals surface area contributed by atoms with Crippen molar-refractivity contribution in [2.45, 2.75) is 51.0 Å². The first-order chi connectivity index (χ1) is 25.7. The molecule has 276 valence electrons. The van der Waals surface area contributed by atoms with E-state index >= 15 is 0 Å². The average Bonchev–Trinajstić information content (AvgIpc) is 3.96. The predicted molar refractivity (Wildman–Crippen MR) is 205 cm³/mol. The lowest BCUT2D eigenvalue weighted by molar-refractivity contribution is -0.163. The topological polar surface area (TPSA) is 102 Å². The second-order valence-corrected chi connectivity index (χ2v) is 15.2. The van der Waals surface area contributed by atoms with Gasteiger partial charge in [-0.3, -0.25) is 24.2 Å². The molecule has 1 aliphatic carbocycles. The Morgan fingerprint density at radius 2 is 1.45 bits per heavy atom. The van der Waals surface area contributed by atoms with Gasteiger partial charge in [-0.15, -0.1) is 0 Å². The number of amides is 3. The third-order valence-corrected chi connectivity index (χ3v) is 11.4. The van der Waals surface area contributed by atoms with E-state index in [4.69, 9.17) is 4.74 Å². The summed E-state index contributed by atoms with van der Waals surface area (Å²) in [6.45, 7) is 10.1. The fourth-order valence-electron chi connectivity index (χ4n) is 8.17. The SMILES string of the molecule is Cc1cc(C(=O)NCc2ccc(NC(=O)c3ccc(N4CCN(C5CC5)CC4)cc3)cc2)n2c1C1(COC1)N(Cc1ccc(C(=O)N(C)C)cc1)CC2. The van der Waals surface area contributed by atoms with Crippen molar-refractivity contribution in [2.75, 3.05) is 70.2 Å². The lowest BCUT2D eigenvalue weighted by atomic mass is 9.86. The molecule has 11 heteroatoms. The first-order valence-corrected chi connectivity index (χ1v) is 18.8. The number of ether oxygens (including phenoxy) is 1. The molecule has 3 aliphatic heterocycles. The number of hydrogen-bond acceptors (Lipinski definition) is 7. The highest BCUT2D eigenvalue weighted by Crippen LogP contribution is 2.42. The number of anilines is 2. The molecule has 0 unspecified atom stereocenters. The molecule has 3 amide bonds. The van der Waals surface area contributed by atoms with Crippen molar-refractivity contribution in [3.8, 4) is 0 Å². The van der Waals surface area contributed by atoms with Gasteiger partial charge in [-0.25, -0.2) is 0 Å². The molecule has 2 saturated heterocycles. The smallest absolute Gasteiger partial charge is 0.268 e. The number of benzene rings is 3. The van der Waals surface area contributed by atoms with Crippen molar-refractivity contribution in [1.82, 2.24) is 24.6 Å². The van der Waals surface area contributed by atoms with Crippen molar-refractivity contribution in [1.29, 1.82) is 0 Å². The number of aryl methyl sites for hydroxylation is 1. The van der Waals surface area contributed by atoms with E-state index in [1.54, 1.807) is 19.0 Å². The van der Waals surface area contributed by atoms with Crippen LogP contribution in [-0.4, -0.2) is 103 Å². The lowest BCUT2D eigenvalue weighted by Gasteiger charge is -2.53. The molecule has 1 spiro atoms. The Morgan fingerprint density at radius 1 is 0.792 bits per heavy atom. The maximum Gasteiger partial charge on any atom is 0.268 e. The zero-order valence-electron chi connectivity index (χ0n) is 30.9. The molecule has 3 fully saturated rings. The first-order valence-electron chi connectivity index (χ1n) is 18.8. The molecular formula is C42H49N7O4. The monoisotopic (exact) mass is 715 g/mol. The van der Waals surface area contributed by atoms with Gasteiger partial charge < -0.3 is 29.7 Å². The van der Waals surface area contributed by atoms with Gasteiger partial charge in [-0.1, -0.05) is 24.3 Å². The van der Waals surface area contributed by atoms with Crippen molar-refractivity contribution in [3.63, 3.8) is 0 Å². The summed E-state index contributed by atoms with van der Waals surface area (Å²) in [5, 5.41) is 6.12.